The van der Waals surface area contributed by atoms with Crippen LogP contribution in [0.3, 0.4) is 0 Å². The van der Waals surface area contributed by atoms with Crippen molar-refractivity contribution >= 4 is 81.4 Å². The third-order valence-electron chi connectivity index (χ3n) is 6.38. The maximum atomic E-state index is 13.3. The summed E-state index contributed by atoms with van der Waals surface area (Å²) in [5, 5.41) is 30.1. The molecular weight excluding hydrogens is 683 g/mol. The number of rotatable bonds is 10. The molecule has 1 fully saturated rings. The van der Waals surface area contributed by atoms with Crippen molar-refractivity contribution < 1.29 is 48.2 Å². The molecule has 0 radical (unpaired) electrons. The summed E-state index contributed by atoms with van der Waals surface area (Å²) in [6.07, 6.45) is -0.412. The van der Waals surface area contributed by atoms with Crippen molar-refractivity contribution in [2.24, 2.45) is 5.16 Å². The number of aryl methyl sites for hydroxylation is 1. The number of nitrogens with zero attached hydrogens (tertiary/aromatic N) is 7. The van der Waals surface area contributed by atoms with E-state index in [0.717, 1.165) is 16.2 Å². The predicted molar refractivity (Wildman–Crippen MR) is 162 cm³/mol. The summed E-state index contributed by atoms with van der Waals surface area (Å²) in [6, 6.07) is 3.30. The molecule has 0 saturated carbocycles. The Morgan fingerprint density at radius 2 is 2.06 bits per heavy atom. The van der Waals surface area contributed by atoms with Crippen molar-refractivity contribution in [3.8, 4) is 0 Å². The molecule has 242 valence electrons. The number of hydrogen-bond donors (Lipinski definition) is 4. The number of oxime groups is 1. The van der Waals surface area contributed by atoms with Crippen LogP contribution in [0.15, 0.2) is 55.9 Å². The van der Waals surface area contributed by atoms with Crippen LogP contribution in [0, 0.1) is 6.92 Å². The molecule has 0 aromatic carbocycles. The van der Waals surface area contributed by atoms with Gasteiger partial charge in [-0.2, -0.15) is 9.50 Å². The lowest BCUT2D eigenvalue weighted by atomic mass is 10.1. The lowest BCUT2D eigenvalue weighted by Crippen LogP contribution is -2.70. The van der Waals surface area contributed by atoms with Gasteiger partial charge < -0.3 is 35.3 Å². The minimum absolute atomic E-state index is 0.0189. The minimum atomic E-state index is -1.66. The highest BCUT2D eigenvalue weighted by Gasteiger charge is 2.54. The molecule has 0 unspecified atom stereocenters. The molecule has 6 heterocycles. The van der Waals surface area contributed by atoms with Gasteiger partial charge in [-0.05, 0) is 25.1 Å². The number of carbonyl (C=O) groups is 5. The maximum absolute atomic E-state index is 13.3. The van der Waals surface area contributed by atoms with Gasteiger partial charge >= 0.3 is 18.1 Å². The second-order valence-electron chi connectivity index (χ2n) is 9.48. The number of nitrogens with one attached hydrogen (secondary N) is 1. The topological polar surface area (TPSA) is 267 Å². The quantitative estimate of drug-likeness (QED) is 0.0346. The molecule has 4 aromatic rings. The average Bonchev–Trinajstić information content (AvgIpc) is 3.80. The van der Waals surface area contributed by atoms with Crippen molar-refractivity contribution in [2.75, 3.05) is 17.2 Å². The van der Waals surface area contributed by atoms with E-state index in [1.54, 1.807) is 13.0 Å². The molecular formula is C25H19N9O10S3. The van der Waals surface area contributed by atoms with Crippen LogP contribution in [0.5, 0.6) is 0 Å². The first-order valence-corrected chi connectivity index (χ1v) is 15.9. The molecule has 5 N–H and O–H groups in total. The molecule has 0 bridgehead atoms. The van der Waals surface area contributed by atoms with E-state index in [2.05, 4.69) is 30.5 Å². The van der Waals surface area contributed by atoms with Gasteiger partial charge in [0.05, 0.1) is 6.26 Å². The predicted octanol–water partition coefficient (Wildman–Crippen LogP) is 1.42. The van der Waals surface area contributed by atoms with E-state index < -0.39 is 52.9 Å². The Labute approximate surface area is 273 Å². The Bertz CT molecular complexity index is 2010. The fraction of sp³-hybridized carbons (Fsp3) is 0.200. The van der Waals surface area contributed by atoms with Crippen LogP contribution in [0.4, 0.5) is 9.93 Å². The SMILES string of the molecule is Cc1cc(SCC2=C(OC(=O)O)N3C(=O)[C@@H](NC(=O)C(=NOC(=O)c4ccco4)c4csc(N)n4)[C@H]3SC2)n2nc(C(=O)O)nc2n1. The van der Waals surface area contributed by atoms with Crippen molar-refractivity contribution in [2.45, 2.75) is 23.4 Å². The van der Waals surface area contributed by atoms with Crippen molar-refractivity contribution in [3.05, 3.63) is 64.3 Å². The maximum Gasteiger partial charge on any atom is 0.512 e. The minimum Gasteiger partial charge on any atom is -0.475 e. The normalized spacial score (nSPS) is 17.7. The van der Waals surface area contributed by atoms with Crippen LogP contribution >= 0.6 is 34.9 Å². The number of aromatic carboxylic acids is 1. The zero-order valence-electron chi connectivity index (χ0n) is 23.5. The summed E-state index contributed by atoms with van der Waals surface area (Å²) >= 11 is 3.41. The zero-order chi connectivity index (χ0) is 33.4. The summed E-state index contributed by atoms with van der Waals surface area (Å²) in [4.78, 5) is 80.0. The number of nitrogen functional groups attached to an aromatic ring is 1. The standard InChI is InChI=1S/C25H19N9O10S3/c1-9-5-13(34-24(27-9)30-16(31-34)21(37)38)45-6-10-7-46-20-15(18(36)33(20)19(10)43-25(40)41)29-17(35)14(11-8-47-23(26)28-11)32-44-22(39)12-3-2-4-42-12/h2-5,8,15,20H,6-7H2,1H3,(H2,26,28)(H,29,35)(H,37,38)(H,40,41)/t15-,20-/m1/s1. The Hall–Kier alpha value is -5.48. The van der Waals surface area contributed by atoms with Crippen molar-refractivity contribution in [1.29, 1.82) is 0 Å². The highest BCUT2D eigenvalue weighted by atomic mass is 32.2. The molecule has 2 aliphatic rings. The second kappa shape index (κ2) is 12.7. The molecule has 2 amide bonds. The number of fused-ring (bicyclic) bond motifs is 2. The summed E-state index contributed by atoms with van der Waals surface area (Å²) in [5.41, 5.74) is 6.21. The van der Waals surface area contributed by atoms with Crippen LogP contribution in [0.25, 0.3) is 5.78 Å². The first-order chi connectivity index (χ1) is 22.5. The Kier molecular flexibility index (Phi) is 8.53. The van der Waals surface area contributed by atoms with Gasteiger partial charge in [-0.3, -0.25) is 14.5 Å². The second-order valence-corrected chi connectivity index (χ2v) is 12.5. The van der Waals surface area contributed by atoms with E-state index in [1.807, 2.05) is 0 Å². The van der Waals surface area contributed by atoms with Gasteiger partial charge in [-0.1, -0.05) is 5.16 Å². The van der Waals surface area contributed by atoms with Gasteiger partial charge in [0, 0.05) is 28.2 Å². The summed E-state index contributed by atoms with van der Waals surface area (Å²) in [5.74, 6) is -4.37. The molecule has 47 heavy (non-hydrogen) atoms. The molecule has 19 nitrogen and oxygen atoms in total. The molecule has 6 rings (SSSR count). The van der Waals surface area contributed by atoms with E-state index in [9.17, 15) is 34.2 Å². The molecule has 2 aliphatic heterocycles. The van der Waals surface area contributed by atoms with Crippen molar-refractivity contribution in [3.63, 3.8) is 0 Å². The smallest absolute Gasteiger partial charge is 0.475 e. The lowest BCUT2D eigenvalue weighted by Gasteiger charge is -2.49. The van der Waals surface area contributed by atoms with Gasteiger partial charge in [0.2, 0.25) is 11.6 Å². The van der Waals surface area contributed by atoms with Gasteiger partial charge in [0.15, 0.2) is 10.8 Å². The Morgan fingerprint density at radius 1 is 1.26 bits per heavy atom. The number of carboxylic acids is 1. The van der Waals surface area contributed by atoms with Gasteiger partial charge in [0.1, 0.15) is 22.1 Å². The van der Waals surface area contributed by atoms with Gasteiger partial charge in [0.25, 0.3) is 23.4 Å². The number of carboxylic acid groups (broad SMARTS) is 2. The van der Waals surface area contributed by atoms with Crippen LogP contribution in [0.2, 0.25) is 0 Å². The van der Waals surface area contributed by atoms with Crippen LogP contribution < -0.4 is 11.1 Å². The summed E-state index contributed by atoms with van der Waals surface area (Å²) in [7, 11) is 0. The fourth-order valence-corrected chi connectivity index (χ4v) is 7.40. The largest absolute Gasteiger partial charge is 0.512 e. The number of hydrogen-bond acceptors (Lipinski definition) is 17. The number of carbonyl (C=O) groups excluding carboxylic acids is 3. The Morgan fingerprint density at radius 3 is 2.74 bits per heavy atom. The number of furan rings is 1. The number of anilines is 1. The van der Waals surface area contributed by atoms with E-state index in [4.69, 9.17) is 19.7 Å². The van der Waals surface area contributed by atoms with Crippen LogP contribution in [-0.2, 0) is 19.2 Å². The average molecular weight is 702 g/mol. The molecule has 22 heteroatoms. The van der Waals surface area contributed by atoms with Crippen molar-refractivity contribution in [1.82, 2.24) is 34.8 Å². The van der Waals surface area contributed by atoms with E-state index >= 15 is 0 Å². The molecule has 4 aromatic heterocycles. The highest BCUT2D eigenvalue weighted by molar-refractivity contribution is 8.01. The highest BCUT2D eigenvalue weighted by Crippen LogP contribution is 2.42. The third kappa shape index (κ3) is 6.32. The molecule has 2 atom stereocenters. The number of aromatic nitrogens is 5. The fourth-order valence-electron chi connectivity index (χ4n) is 4.35. The van der Waals surface area contributed by atoms with E-state index in [0.29, 0.717) is 16.3 Å². The third-order valence-corrected chi connectivity index (χ3v) is 9.47. The number of thioether (sulfide) groups is 2. The van der Waals surface area contributed by atoms with E-state index in [-0.39, 0.29) is 39.8 Å². The lowest BCUT2D eigenvalue weighted by molar-refractivity contribution is -0.148. The molecule has 0 aliphatic carbocycles. The molecule has 1 saturated heterocycles. The zero-order valence-corrected chi connectivity index (χ0v) is 26.0. The van der Waals surface area contributed by atoms with Crippen LogP contribution in [0.1, 0.15) is 32.6 Å². The summed E-state index contributed by atoms with van der Waals surface area (Å²) in [6.45, 7) is 1.69. The van der Waals surface area contributed by atoms with Crippen LogP contribution in [-0.4, -0.2) is 98.2 Å². The first-order valence-electron chi connectivity index (χ1n) is 13.0. The Balaban J connectivity index is 1.21. The number of thiazole rings is 1. The first kappa shape index (κ1) is 31.5. The number of nitrogens with two attached hydrogens (primary N) is 1. The number of ether oxygens (including phenoxy) is 1. The van der Waals surface area contributed by atoms with E-state index in [1.165, 1.54) is 51.8 Å². The monoisotopic (exact) mass is 701 g/mol. The summed E-state index contributed by atoms with van der Waals surface area (Å²) < 4.78 is 11.3. The number of β-lactam (4-membered cyclic amide) rings is 1. The molecule has 0 spiro atoms. The number of amides is 2. The van der Waals surface area contributed by atoms with Gasteiger partial charge in [-0.15, -0.1) is 40.0 Å². The van der Waals surface area contributed by atoms with Gasteiger partial charge in [-0.25, -0.2) is 24.4 Å².